The Hall–Kier alpha value is -1.14. The van der Waals surface area contributed by atoms with Gasteiger partial charge >= 0.3 is 5.97 Å². The number of methoxy groups -OCH3 is 1. The SMILES string of the molecule is COC(=O)C1(N)CCCC(Sc2nc(C)c(C)c(C)n2)C1. The van der Waals surface area contributed by atoms with Crippen LogP contribution in [-0.4, -0.2) is 33.8 Å². The molecule has 0 aromatic carbocycles. The van der Waals surface area contributed by atoms with E-state index < -0.39 is 5.54 Å². The molecule has 1 fully saturated rings. The van der Waals surface area contributed by atoms with Gasteiger partial charge < -0.3 is 10.5 Å². The molecule has 1 saturated carbocycles. The Kier molecular flexibility index (Phi) is 4.88. The number of carbonyl (C=O) groups is 1. The first-order valence-corrected chi connectivity index (χ1v) is 8.09. The first-order chi connectivity index (χ1) is 9.85. The van der Waals surface area contributed by atoms with Gasteiger partial charge in [-0.1, -0.05) is 11.8 Å². The normalized spacial score (nSPS) is 25.7. The summed E-state index contributed by atoms with van der Waals surface area (Å²) in [5, 5.41) is 1.03. The highest BCUT2D eigenvalue weighted by molar-refractivity contribution is 7.99. The smallest absolute Gasteiger partial charge is 0.325 e. The highest BCUT2D eigenvalue weighted by Gasteiger charge is 2.40. The second-order valence-electron chi connectivity index (χ2n) is 5.79. The van der Waals surface area contributed by atoms with Crippen LogP contribution >= 0.6 is 11.8 Å². The molecule has 0 radical (unpaired) electrons. The number of hydrogen-bond donors (Lipinski definition) is 1. The molecular formula is C15H23N3O2S. The number of esters is 1. The molecule has 2 rings (SSSR count). The minimum atomic E-state index is -0.862. The number of aromatic nitrogens is 2. The first-order valence-electron chi connectivity index (χ1n) is 7.21. The Labute approximate surface area is 130 Å². The van der Waals surface area contributed by atoms with Crippen molar-refractivity contribution < 1.29 is 9.53 Å². The van der Waals surface area contributed by atoms with E-state index in [0.717, 1.165) is 34.9 Å². The predicted octanol–water partition coefficient (Wildman–Crippen LogP) is 2.31. The molecule has 0 bridgehead atoms. The van der Waals surface area contributed by atoms with Crippen LogP contribution in [0.15, 0.2) is 5.16 Å². The molecule has 0 spiro atoms. The maximum absolute atomic E-state index is 11.9. The van der Waals surface area contributed by atoms with E-state index in [-0.39, 0.29) is 11.2 Å². The van der Waals surface area contributed by atoms with Crippen molar-refractivity contribution in [3.63, 3.8) is 0 Å². The van der Waals surface area contributed by atoms with Gasteiger partial charge in [0, 0.05) is 16.6 Å². The summed E-state index contributed by atoms with van der Waals surface area (Å²) in [6.07, 6.45) is 3.24. The molecule has 1 aliphatic carbocycles. The molecule has 1 aliphatic rings. The minimum Gasteiger partial charge on any atom is -0.468 e. The van der Waals surface area contributed by atoms with Crippen LogP contribution in [0.3, 0.4) is 0 Å². The number of aryl methyl sites for hydroxylation is 2. The second kappa shape index (κ2) is 6.32. The van der Waals surface area contributed by atoms with Crippen molar-refractivity contribution >= 4 is 17.7 Å². The first kappa shape index (κ1) is 16.2. The summed E-state index contributed by atoms with van der Waals surface area (Å²) in [5.41, 5.74) is 8.50. The zero-order valence-corrected chi connectivity index (χ0v) is 13.9. The average Bonchev–Trinajstić information content (AvgIpc) is 2.43. The summed E-state index contributed by atoms with van der Waals surface area (Å²) >= 11 is 1.62. The van der Waals surface area contributed by atoms with Crippen molar-refractivity contribution in [1.82, 2.24) is 9.97 Å². The monoisotopic (exact) mass is 309 g/mol. The van der Waals surface area contributed by atoms with E-state index in [0.29, 0.717) is 12.8 Å². The van der Waals surface area contributed by atoms with Gasteiger partial charge in [0.25, 0.3) is 0 Å². The summed E-state index contributed by atoms with van der Waals surface area (Å²) in [6.45, 7) is 6.02. The number of ether oxygens (including phenoxy) is 1. The minimum absolute atomic E-state index is 0.254. The van der Waals surface area contributed by atoms with Crippen LogP contribution in [0.2, 0.25) is 0 Å². The Bertz CT molecular complexity index is 527. The molecule has 0 saturated heterocycles. The fraction of sp³-hybridized carbons (Fsp3) is 0.667. The maximum Gasteiger partial charge on any atom is 0.325 e. The lowest BCUT2D eigenvalue weighted by Gasteiger charge is -2.34. The van der Waals surface area contributed by atoms with E-state index >= 15 is 0 Å². The Morgan fingerprint density at radius 3 is 2.52 bits per heavy atom. The van der Waals surface area contributed by atoms with Crippen LogP contribution in [0.25, 0.3) is 0 Å². The largest absolute Gasteiger partial charge is 0.468 e. The van der Waals surface area contributed by atoms with Crippen molar-refractivity contribution in [2.75, 3.05) is 7.11 Å². The van der Waals surface area contributed by atoms with Gasteiger partial charge in [-0.2, -0.15) is 0 Å². The van der Waals surface area contributed by atoms with Gasteiger partial charge in [-0.3, -0.25) is 4.79 Å². The molecular weight excluding hydrogens is 286 g/mol. The summed E-state index contributed by atoms with van der Waals surface area (Å²) in [6, 6.07) is 0. The summed E-state index contributed by atoms with van der Waals surface area (Å²) in [7, 11) is 1.39. The molecule has 1 aromatic rings. The van der Waals surface area contributed by atoms with Crippen LogP contribution in [0.1, 0.15) is 42.6 Å². The lowest BCUT2D eigenvalue weighted by atomic mass is 9.82. The fourth-order valence-corrected chi connectivity index (χ4v) is 4.03. The van der Waals surface area contributed by atoms with Gasteiger partial charge in [0.2, 0.25) is 0 Å². The van der Waals surface area contributed by atoms with Crippen molar-refractivity contribution in [3.8, 4) is 0 Å². The summed E-state index contributed by atoms with van der Waals surface area (Å²) in [5.74, 6) is -0.315. The molecule has 2 N–H and O–H groups in total. The number of thioether (sulfide) groups is 1. The molecule has 0 aliphatic heterocycles. The molecule has 116 valence electrons. The van der Waals surface area contributed by atoms with E-state index in [2.05, 4.69) is 9.97 Å². The van der Waals surface area contributed by atoms with E-state index in [9.17, 15) is 4.79 Å². The Morgan fingerprint density at radius 2 is 1.95 bits per heavy atom. The van der Waals surface area contributed by atoms with Crippen LogP contribution in [-0.2, 0) is 9.53 Å². The number of nitrogens with two attached hydrogens (primary N) is 1. The maximum atomic E-state index is 11.9. The molecule has 0 amide bonds. The van der Waals surface area contributed by atoms with E-state index in [1.54, 1.807) is 11.8 Å². The van der Waals surface area contributed by atoms with Crippen molar-refractivity contribution in [3.05, 3.63) is 17.0 Å². The Morgan fingerprint density at radius 1 is 1.33 bits per heavy atom. The molecule has 21 heavy (non-hydrogen) atoms. The molecule has 2 unspecified atom stereocenters. The van der Waals surface area contributed by atoms with Gasteiger partial charge in [-0.25, -0.2) is 9.97 Å². The van der Waals surface area contributed by atoms with Crippen LogP contribution < -0.4 is 5.73 Å². The van der Waals surface area contributed by atoms with Gasteiger partial charge in [-0.15, -0.1) is 0 Å². The van der Waals surface area contributed by atoms with E-state index in [1.807, 2.05) is 20.8 Å². The third-order valence-corrected chi connectivity index (χ3v) is 5.35. The van der Waals surface area contributed by atoms with Crippen LogP contribution in [0.4, 0.5) is 0 Å². The molecule has 5 nitrogen and oxygen atoms in total. The van der Waals surface area contributed by atoms with Gasteiger partial charge in [0.15, 0.2) is 5.16 Å². The molecule has 2 atom stereocenters. The quantitative estimate of drug-likeness (QED) is 0.682. The predicted molar refractivity (Wildman–Crippen MR) is 83.3 cm³/mol. The van der Waals surface area contributed by atoms with E-state index in [1.165, 1.54) is 7.11 Å². The highest BCUT2D eigenvalue weighted by Crippen LogP contribution is 2.37. The number of nitrogens with zero attached hydrogens (tertiary/aromatic N) is 2. The standard InChI is InChI=1S/C15H23N3O2S/c1-9-10(2)17-14(18-11(9)3)21-12-6-5-7-15(16,8-12)13(19)20-4/h12H,5-8,16H2,1-4H3. The topological polar surface area (TPSA) is 78.1 Å². The van der Waals surface area contributed by atoms with Crippen LogP contribution in [0, 0.1) is 20.8 Å². The molecule has 1 heterocycles. The van der Waals surface area contributed by atoms with Crippen molar-refractivity contribution in [1.29, 1.82) is 0 Å². The highest BCUT2D eigenvalue weighted by atomic mass is 32.2. The zero-order chi connectivity index (χ0) is 15.6. The second-order valence-corrected chi connectivity index (χ2v) is 7.05. The van der Waals surface area contributed by atoms with Crippen LogP contribution in [0.5, 0.6) is 0 Å². The van der Waals surface area contributed by atoms with Gasteiger partial charge in [0.1, 0.15) is 5.54 Å². The fourth-order valence-electron chi connectivity index (χ4n) is 2.69. The number of carbonyl (C=O) groups excluding carboxylic acids is 1. The third-order valence-electron chi connectivity index (χ3n) is 4.22. The van der Waals surface area contributed by atoms with E-state index in [4.69, 9.17) is 10.5 Å². The average molecular weight is 309 g/mol. The third kappa shape index (κ3) is 3.55. The number of hydrogen-bond acceptors (Lipinski definition) is 6. The number of rotatable bonds is 3. The lowest BCUT2D eigenvalue weighted by molar-refractivity contribution is -0.148. The summed E-state index contributed by atoms with van der Waals surface area (Å²) in [4.78, 5) is 20.9. The van der Waals surface area contributed by atoms with Crippen molar-refractivity contribution in [2.24, 2.45) is 5.73 Å². The van der Waals surface area contributed by atoms with Crippen molar-refractivity contribution in [2.45, 2.75) is 62.4 Å². The van der Waals surface area contributed by atoms with Gasteiger partial charge in [-0.05, 0) is 52.0 Å². The molecule has 6 heteroatoms. The van der Waals surface area contributed by atoms with Gasteiger partial charge in [0.05, 0.1) is 7.11 Å². The molecule has 1 aromatic heterocycles. The lowest BCUT2D eigenvalue weighted by Crippen LogP contribution is -2.52. The Balaban J connectivity index is 2.11. The zero-order valence-electron chi connectivity index (χ0n) is 13.1. The summed E-state index contributed by atoms with van der Waals surface area (Å²) < 4.78 is 4.84.